The van der Waals surface area contributed by atoms with E-state index in [1.54, 1.807) is 24.8 Å². The van der Waals surface area contributed by atoms with Crippen molar-refractivity contribution in [1.82, 2.24) is 15.3 Å². The van der Waals surface area contributed by atoms with Crippen LogP contribution in [0.25, 0.3) is 20.7 Å². The third-order valence-corrected chi connectivity index (χ3v) is 5.36. The molecule has 26 heavy (non-hydrogen) atoms. The topological polar surface area (TPSA) is 67.3 Å². The fraction of sp³-hybridized carbons (Fsp3) is 0.316. The van der Waals surface area contributed by atoms with Gasteiger partial charge in [0.15, 0.2) is 0 Å². The molecule has 136 valence electrons. The number of likely N-dealkylation sites (N-methyl/N-ethyl adjacent to an activating group) is 1. The molecule has 0 radical (unpaired) electrons. The van der Waals surface area contributed by atoms with Gasteiger partial charge in [-0.1, -0.05) is 30.3 Å². The molecule has 2 heterocycles. The molecule has 0 saturated heterocycles. The first kappa shape index (κ1) is 18.3. The number of carbonyl (C=O) groups excluding carboxylic acids is 1. The lowest BCUT2D eigenvalue weighted by Crippen LogP contribution is -2.37. The minimum atomic E-state index is -0.0625. The van der Waals surface area contributed by atoms with Crippen molar-refractivity contribution in [2.45, 2.75) is 6.92 Å². The van der Waals surface area contributed by atoms with Crippen molar-refractivity contribution in [1.29, 1.82) is 0 Å². The molecule has 0 bridgehead atoms. The zero-order valence-corrected chi connectivity index (χ0v) is 16.0. The molecule has 0 aliphatic carbocycles. The summed E-state index contributed by atoms with van der Waals surface area (Å²) in [6.45, 7) is 3.31. The Bertz CT molecular complexity index is 895. The second-order valence-electron chi connectivity index (χ2n) is 6.00. The number of thiophene rings is 1. The highest BCUT2D eigenvalue weighted by Crippen LogP contribution is 2.40. The minimum Gasteiger partial charge on any atom is -0.383 e. The Morgan fingerprint density at radius 3 is 2.77 bits per heavy atom. The molecule has 2 aromatic heterocycles. The number of nitrogens with zero attached hydrogens (tertiary/aromatic N) is 3. The number of benzene rings is 1. The molecule has 3 rings (SSSR count). The summed E-state index contributed by atoms with van der Waals surface area (Å²) >= 11 is 1.65. The molecule has 0 atom stereocenters. The Morgan fingerprint density at radius 2 is 2.04 bits per heavy atom. The molecule has 1 N–H and O–H groups in total. The predicted molar refractivity (Wildman–Crippen MR) is 106 cm³/mol. The SMILES string of the molecule is COCCNC(=O)CN(C)c1ncnc2sc(-c3ccccc3)c(C)c12. The molecular formula is C19H22N4O2S. The van der Waals surface area contributed by atoms with Crippen molar-refractivity contribution in [3.63, 3.8) is 0 Å². The third-order valence-electron chi connectivity index (χ3n) is 4.11. The average Bonchev–Trinajstić information content (AvgIpc) is 2.99. The zero-order chi connectivity index (χ0) is 18.5. The van der Waals surface area contributed by atoms with Crippen molar-refractivity contribution >= 4 is 33.3 Å². The van der Waals surface area contributed by atoms with Gasteiger partial charge in [-0.15, -0.1) is 11.3 Å². The van der Waals surface area contributed by atoms with Crippen molar-refractivity contribution in [3.8, 4) is 10.4 Å². The molecular weight excluding hydrogens is 348 g/mol. The van der Waals surface area contributed by atoms with Crippen LogP contribution >= 0.6 is 11.3 Å². The van der Waals surface area contributed by atoms with E-state index >= 15 is 0 Å². The summed E-state index contributed by atoms with van der Waals surface area (Å²) in [7, 11) is 3.48. The van der Waals surface area contributed by atoms with Crippen LogP contribution in [-0.4, -0.2) is 49.7 Å². The Balaban J connectivity index is 1.89. The van der Waals surface area contributed by atoms with Crippen LogP contribution in [0.1, 0.15) is 5.56 Å². The largest absolute Gasteiger partial charge is 0.383 e. The molecule has 0 saturated carbocycles. The number of aromatic nitrogens is 2. The first-order valence-corrected chi connectivity index (χ1v) is 9.19. The number of hydrogen-bond donors (Lipinski definition) is 1. The fourth-order valence-electron chi connectivity index (χ4n) is 2.85. The molecule has 3 aromatic rings. The van der Waals surface area contributed by atoms with E-state index in [9.17, 15) is 4.79 Å². The van der Waals surface area contributed by atoms with Gasteiger partial charge in [-0.3, -0.25) is 4.79 Å². The van der Waals surface area contributed by atoms with E-state index in [4.69, 9.17) is 4.74 Å². The van der Waals surface area contributed by atoms with Crippen LogP contribution in [-0.2, 0) is 9.53 Å². The Morgan fingerprint density at radius 1 is 1.27 bits per heavy atom. The number of ether oxygens (including phenoxy) is 1. The summed E-state index contributed by atoms with van der Waals surface area (Å²) in [5.41, 5.74) is 2.30. The fourth-order valence-corrected chi connectivity index (χ4v) is 3.99. The summed E-state index contributed by atoms with van der Waals surface area (Å²) in [6, 6.07) is 10.3. The van der Waals surface area contributed by atoms with Crippen molar-refractivity contribution in [3.05, 3.63) is 42.2 Å². The lowest BCUT2D eigenvalue weighted by molar-refractivity contribution is -0.119. The van der Waals surface area contributed by atoms with Gasteiger partial charge < -0.3 is 15.0 Å². The van der Waals surface area contributed by atoms with Gasteiger partial charge in [0.25, 0.3) is 0 Å². The first-order valence-electron chi connectivity index (χ1n) is 8.38. The third kappa shape index (κ3) is 3.84. The maximum atomic E-state index is 12.1. The lowest BCUT2D eigenvalue weighted by Gasteiger charge is -2.18. The highest BCUT2D eigenvalue weighted by molar-refractivity contribution is 7.22. The Hall–Kier alpha value is -2.51. The summed E-state index contributed by atoms with van der Waals surface area (Å²) in [6.07, 6.45) is 1.56. The van der Waals surface area contributed by atoms with Crippen LogP contribution in [0.5, 0.6) is 0 Å². The molecule has 0 spiro atoms. The number of fused-ring (bicyclic) bond motifs is 1. The summed E-state index contributed by atoms with van der Waals surface area (Å²) in [5.74, 6) is 0.709. The smallest absolute Gasteiger partial charge is 0.239 e. The molecule has 6 nitrogen and oxygen atoms in total. The number of hydrogen-bond acceptors (Lipinski definition) is 6. The highest BCUT2D eigenvalue weighted by Gasteiger charge is 2.18. The Labute approximate surface area is 156 Å². The van der Waals surface area contributed by atoms with Gasteiger partial charge in [0.05, 0.1) is 18.5 Å². The number of methoxy groups -OCH3 is 1. The monoisotopic (exact) mass is 370 g/mol. The number of nitrogens with one attached hydrogen (secondary N) is 1. The number of aryl methyl sites for hydroxylation is 1. The summed E-state index contributed by atoms with van der Waals surface area (Å²) in [4.78, 5) is 24.9. The molecule has 1 aromatic carbocycles. The highest BCUT2D eigenvalue weighted by atomic mass is 32.1. The summed E-state index contributed by atoms with van der Waals surface area (Å²) < 4.78 is 4.95. The summed E-state index contributed by atoms with van der Waals surface area (Å²) in [5, 5.41) is 3.83. The van der Waals surface area contributed by atoms with Gasteiger partial charge in [-0.25, -0.2) is 9.97 Å². The van der Waals surface area contributed by atoms with Gasteiger partial charge in [-0.05, 0) is 18.1 Å². The van der Waals surface area contributed by atoms with E-state index in [2.05, 4.69) is 34.3 Å². The number of anilines is 1. The zero-order valence-electron chi connectivity index (χ0n) is 15.2. The number of amides is 1. The molecule has 1 amide bonds. The van der Waals surface area contributed by atoms with Gasteiger partial charge in [0.1, 0.15) is 17.0 Å². The standard InChI is InChI=1S/C19H22N4O2S/c1-13-16-18(23(2)11-15(24)20-9-10-25-3)21-12-22-19(16)26-17(13)14-7-5-4-6-8-14/h4-8,12H,9-11H2,1-3H3,(H,20,24). The van der Waals surface area contributed by atoms with Gasteiger partial charge in [0, 0.05) is 25.6 Å². The predicted octanol–water partition coefficient (Wildman–Crippen LogP) is 2.87. The van der Waals surface area contributed by atoms with Crippen LogP contribution in [0.4, 0.5) is 5.82 Å². The van der Waals surface area contributed by atoms with E-state index < -0.39 is 0 Å². The number of rotatable bonds is 7. The van der Waals surface area contributed by atoms with Crippen LogP contribution in [0.15, 0.2) is 36.7 Å². The molecule has 0 unspecified atom stereocenters. The molecule has 0 aliphatic rings. The van der Waals surface area contributed by atoms with E-state index in [1.807, 2.05) is 30.1 Å². The second kappa shape index (κ2) is 8.25. The number of carbonyl (C=O) groups is 1. The molecule has 0 aliphatic heterocycles. The van der Waals surface area contributed by atoms with E-state index in [0.717, 1.165) is 21.6 Å². The normalized spacial score (nSPS) is 10.9. The quantitative estimate of drug-likeness (QED) is 0.648. The van der Waals surface area contributed by atoms with Gasteiger partial charge in [-0.2, -0.15) is 0 Å². The van der Waals surface area contributed by atoms with Crippen LogP contribution in [0, 0.1) is 6.92 Å². The minimum absolute atomic E-state index is 0.0625. The van der Waals surface area contributed by atoms with Gasteiger partial charge in [0.2, 0.25) is 5.91 Å². The van der Waals surface area contributed by atoms with Crippen LogP contribution in [0.3, 0.4) is 0 Å². The first-order chi connectivity index (χ1) is 12.6. The lowest BCUT2D eigenvalue weighted by atomic mass is 10.1. The van der Waals surface area contributed by atoms with Gasteiger partial charge >= 0.3 is 0 Å². The van der Waals surface area contributed by atoms with Crippen LogP contribution in [0.2, 0.25) is 0 Å². The maximum Gasteiger partial charge on any atom is 0.239 e. The van der Waals surface area contributed by atoms with E-state index in [0.29, 0.717) is 13.2 Å². The molecule has 0 fully saturated rings. The molecule has 7 heteroatoms. The average molecular weight is 370 g/mol. The van der Waals surface area contributed by atoms with E-state index in [-0.39, 0.29) is 12.5 Å². The Kier molecular flexibility index (Phi) is 5.80. The maximum absolute atomic E-state index is 12.1. The van der Waals surface area contributed by atoms with Crippen molar-refractivity contribution in [2.75, 3.05) is 38.8 Å². The van der Waals surface area contributed by atoms with Crippen molar-refractivity contribution < 1.29 is 9.53 Å². The van der Waals surface area contributed by atoms with E-state index in [1.165, 1.54) is 10.4 Å². The van der Waals surface area contributed by atoms with Crippen molar-refractivity contribution in [2.24, 2.45) is 0 Å². The van der Waals surface area contributed by atoms with Crippen LogP contribution < -0.4 is 10.2 Å². The second-order valence-corrected chi connectivity index (χ2v) is 7.00.